The lowest BCUT2D eigenvalue weighted by Gasteiger charge is -2.01. The number of para-hydroxylation sites is 2. The van der Waals surface area contributed by atoms with Gasteiger partial charge in [0.15, 0.2) is 0 Å². The molecule has 0 aliphatic heterocycles. The molecular weight excluding hydrogens is 216 g/mol. The van der Waals surface area contributed by atoms with Crippen molar-refractivity contribution in [3.63, 3.8) is 0 Å². The molecule has 4 N–H and O–H groups in total. The van der Waals surface area contributed by atoms with Crippen LogP contribution < -0.4 is 11.1 Å². The van der Waals surface area contributed by atoms with Crippen molar-refractivity contribution in [2.24, 2.45) is 5.73 Å². The molecule has 0 unspecified atom stereocenters. The van der Waals surface area contributed by atoms with Gasteiger partial charge in [0.05, 0.1) is 17.6 Å². The maximum atomic E-state index is 11.4. The van der Waals surface area contributed by atoms with E-state index in [1.165, 1.54) is 0 Å². The Morgan fingerprint density at radius 3 is 3.00 bits per heavy atom. The number of hydrogen-bond acceptors (Lipinski definition) is 3. The van der Waals surface area contributed by atoms with Gasteiger partial charge in [-0.2, -0.15) is 0 Å². The number of aromatic amines is 1. The van der Waals surface area contributed by atoms with E-state index in [2.05, 4.69) is 15.3 Å². The Kier molecular flexibility index (Phi) is 3.72. The van der Waals surface area contributed by atoms with Crippen molar-refractivity contribution in [3.8, 4) is 0 Å². The average Bonchev–Trinajstić information content (AvgIpc) is 2.76. The van der Waals surface area contributed by atoms with Gasteiger partial charge in [0.1, 0.15) is 5.82 Å². The third kappa shape index (κ3) is 3.04. The van der Waals surface area contributed by atoms with Gasteiger partial charge in [0.2, 0.25) is 5.91 Å². The molecule has 5 nitrogen and oxygen atoms in total. The Hall–Kier alpha value is -1.88. The quantitative estimate of drug-likeness (QED) is 0.716. The fourth-order valence-corrected chi connectivity index (χ4v) is 1.62. The molecule has 2 rings (SSSR count). The van der Waals surface area contributed by atoms with Crippen molar-refractivity contribution < 1.29 is 4.79 Å². The summed E-state index contributed by atoms with van der Waals surface area (Å²) < 4.78 is 0. The van der Waals surface area contributed by atoms with E-state index in [0.29, 0.717) is 25.9 Å². The number of nitrogens with two attached hydrogens (primary N) is 1. The number of imidazole rings is 1. The van der Waals surface area contributed by atoms with Crippen molar-refractivity contribution in [3.05, 3.63) is 30.1 Å². The minimum absolute atomic E-state index is 0.0101. The summed E-state index contributed by atoms with van der Waals surface area (Å²) in [5.74, 6) is 0.781. The van der Waals surface area contributed by atoms with Crippen LogP contribution in [0.15, 0.2) is 24.3 Å². The van der Waals surface area contributed by atoms with E-state index in [0.717, 1.165) is 16.9 Å². The number of H-pyrrole nitrogens is 1. The summed E-state index contributed by atoms with van der Waals surface area (Å²) in [7, 11) is 0. The number of carbonyl (C=O) groups is 1. The SMILES string of the molecule is NCCCC(=O)NCc1nc2ccccc2[nH]1. The van der Waals surface area contributed by atoms with Crippen molar-refractivity contribution in [2.75, 3.05) is 6.54 Å². The molecule has 0 saturated heterocycles. The van der Waals surface area contributed by atoms with Crippen LogP contribution in [0, 0.1) is 0 Å². The molecular formula is C12H16N4O. The number of rotatable bonds is 5. The van der Waals surface area contributed by atoms with E-state index in [1.807, 2.05) is 24.3 Å². The summed E-state index contributed by atoms with van der Waals surface area (Å²) >= 11 is 0. The fourth-order valence-electron chi connectivity index (χ4n) is 1.62. The molecule has 0 atom stereocenters. The van der Waals surface area contributed by atoms with Crippen LogP contribution in [0.3, 0.4) is 0 Å². The smallest absolute Gasteiger partial charge is 0.220 e. The van der Waals surface area contributed by atoms with E-state index < -0.39 is 0 Å². The lowest BCUT2D eigenvalue weighted by molar-refractivity contribution is -0.121. The molecule has 0 aliphatic rings. The Labute approximate surface area is 99.4 Å². The van der Waals surface area contributed by atoms with Gasteiger partial charge in [-0.05, 0) is 25.1 Å². The first-order valence-electron chi connectivity index (χ1n) is 5.70. The van der Waals surface area contributed by atoms with Gasteiger partial charge < -0.3 is 16.0 Å². The minimum Gasteiger partial charge on any atom is -0.349 e. The van der Waals surface area contributed by atoms with Gasteiger partial charge in [-0.1, -0.05) is 12.1 Å². The third-order valence-electron chi connectivity index (χ3n) is 2.50. The van der Waals surface area contributed by atoms with Crippen molar-refractivity contribution in [2.45, 2.75) is 19.4 Å². The summed E-state index contributed by atoms with van der Waals surface area (Å²) in [6, 6.07) is 7.78. The first-order chi connectivity index (χ1) is 8.29. The molecule has 0 radical (unpaired) electrons. The Morgan fingerprint density at radius 1 is 1.41 bits per heavy atom. The standard InChI is InChI=1S/C12H16N4O/c13-7-3-6-12(17)14-8-11-15-9-4-1-2-5-10(9)16-11/h1-2,4-5H,3,6-8,13H2,(H,14,17)(H,15,16). The maximum Gasteiger partial charge on any atom is 0.220 e. The van der Waals surface area contributed by atoms with Crippen molar-refractivity contribution >= 4 is 16.9 Å². The molecule has 1 amide bonds. The summed E-state index contributed by atoms with van der Waals surface area (Å²) in [5.41, 5.74) is 7.24. The molecule has 5 heteroatoms. The van der Waals surface area contributed by atoms with Gasteiger partial charge in [0, 0.05) is 6.42 Å². The van der Waals surface area contributed by atoms with E-state index in [-0.39, 0.29) is 5.91 Å². The number of benzene rings is 1. The summed E-state index contributed by atoms with van der Waals surface area (Å²) in [5, 5.41) is 2.81. The van der Waals surface area contributed by atoms with Crippen LogP contribution in [0.4, 0.5) is 0 Å². The van der Waals surface area contributed by atoms with Crippen LogP contribution in [0.5, 0.6) is 0 Å². The zero-order chi connectivity index (χ0) is 12.1. The first-order valence-corrected chi connectivity index (χ1v) is 5.70. The molecule has 0 bridgehead atoms. The third-order valence-corrected chi connectivity index (χ3v) is 2.50. The van der Waals surface area contributed by atoms with E-state index in [9.17, 15) is 4.79 Å². The summed E-state index contributed by atoms with van der Waals surface area (Å²) in [6.07, 6.45) is 1.18. The monoisotopic (exact) mass is 232 g/mol. The largest absolute Gasteiger partial charge is 0.349 e. The zero-order valence-electron chi connectivity index (χ0n) is 9.57. The highest BCUT2D eigenvalue weighted by Crippen LogP contribution is 2.09. The maximum absolute atomic E-state index is 11.4. The van der Waals surface area contributed by atoms with Crippen LogP contribution >= 0.6 is 0 Å². The van der Waals surface area contributed by atoms with Crippen LogP contribution in [0.1, 0.15) is 18.7 Å². The van der Waals surface area contributed by atoms with Gasteiger partial charge in [-0.3, -0.25) is 4.79 Å². The molecule has 0 saturated carbocycles. The lowest BCUT2D eigenvalue weighted by atomic mass is 10.3. The molecule has 90 valence electrons. The number of aromatic nitrogens is 2. The molecule has 1 aromatic heterocycles. The van der Waals surface area contributed by atoms with Crippen LogP contribution in [0.25, 0.3) is 11.0 Å². The highest BCUT2D eigenvalue weighted by atomic mass is 16.1. The number of carbonyl (C=O) groups excluding carboxylic acids is 1. The minimum atomic E-state index is 0.0101. The number of nitrogens with one attached hydrogen (secondary N) is 2. The lowest BCUT2D eigenvalue weighted by Crippen LogP contribution is -2.23. The zero-order valence-corrected chi connectivity index (χ0v) is 9.57. The molecule has 1 aromatic carbocycles. The molecule has 17 heavy (non-hydrogen) atoms. The summed E-state index contributed by atoms with van der Waals surface area (Å²) in [6.45, 7) is 0.968. The predicted molar refractivity (Wildman–Crippen MR) is 66.2 cm³/mol. The van der Waals surface area contributed by atoms with Gasteiger partial charge in [0.25, 0.3) is 0 Å². The van der Waals surface area contributed by atoms with Crippen LogP contribution in [0.2, 0.25) is 0 Å². The average molecular weight is 232 g/mol. The van der Waals surface area contributed by atoms with E-state index in [4.69, 9.17) is 5.73 Å². The number of nitrogens with zero attached hydrogens (tertiary/aromatic N) is 1. The topological polar surface area (TPSA) is 83.8 Å². The molecule has 2 aromatic rings. The second kappa shape index (κ2) is 5.45. The molecule has 0 aliphatic carbocycles. The van der Waals surface area contributed by atoms with Crippen molar-refractivity contribution in [1.82, 2.24) is 15.3 Å². The summed E-state index contributed by atoms with van der Waals surface area (Å²) in [4.78, 5) is 18.9. The Morgan fingerprint density at radius 2 is 2.24 bits per heavy atom. The van der Waals surface area contributed by atoms with Crippen LogP contribution in [-0.2, 0) is 11.3 Å². The fraction of sp³-hybridized carbons (Fsp3) is 0.333. The molecule has 0 spiro atoms. The molecule has 1 heterocycles. The Bertz CT molecular complexity index is 473. The molecule has 0 fully saturated rings. The van der Waals surface area contributed by atoms with Gasteiger partial charge in [-0.15, -0.1) is 0 Å². The van der Waals surface area contributed by atoms with Gasteiger partial charge in [-0.25, -0.2) is 4.98 Å². The highest BCUT2D eigenvalue weighted by Gasteiger charge is 2.04. The van der Waals surface area contributed by atoms with Crippen molar-refractivity contribution in [1.29, 1.82) is 0 Å². The van der Waals surface area contributed by atoms with E-state index >= 15 is 0 Å². The number of hydrogen-bond donors (Lipinski definition) is 3. The Balaban J connectivity index is 1.92. The second-order valence-electron chi connectivity index (χ2n) is 3.87. The second-order valence-corrected chi connectivity index (χ2v) is 3.87. The number of amides is 1. The van der Waals surface area contributed by atoms with E-state index in [1.54, 1.807) is 0 Å². The number of fused-ring (bicyclic) bond motifs is 1. The normalized spacial score (nSPS) is 10.6. The van der Waals surface area contributed by atoms with Gasteiger partial charge >= 0.3 is 0 Å². The first kappa shape index (κ1) is 11.6. The van der Waals surface area contributed by atoms with Crippen LogP contribution in [-0.4, -0.2) is 22.4 Å². The highest BCUT2D eigenvalue weighted by molar-refractivity contribution is 5.76. The predicted octanol–water partition coefficient (Wildman–Crippen LogP) is 0.918.